The Morgan fingerprint density at radius 2 is 1.90 bits per heavy atom. The third-order valence-corrected chi connectivity index (χ3v) is 6.40. The molecule has 0 radical (unpaired) electrons. The summed E-state index contributed by atoms with van der Waals surface area (Å²) in [6, 6.07) is 9.75. The van der Waals surface area contributed by atoms with E-state index in [-0.39, 0.29) is 24.6 Å². The molecular weight excluding hydrogens is 386 g/mol. The van der Waals surface area contributed by atoms with E-state index in [1.165, 1.54) is 0 Å². The maximum atomic E-state index is 12.6. The molecule has 0 aliphatic rings. The topological polar surface area (TPSA) is 64.4 Å². The van der Waals surface area contributed by atoms with Gasteiger partial charge in [0.2, 0.25) is 0 Å². The number of hydrogen-bond donors (Lipinski definition) is 0. The van der Waals surface area contributed by atoms with Crippen LogP contribution in [0.4, 0.5) is 0 Å². The summed E-state index contributed by atoms with van der Waals surface area (Å²) in [6.07, 6.45) is 0. The summed E-state index contributed by atoms with van der Waals surface area (Å²) in [5.74, 6) is -0.734. The van der Waals surface area contributed by atoms with E-state index in [4.69, 9.17) is 4.74 Å². The number of esters is 1. The number of aromatic nitrogens is 2. The summed E-state index contributed by atoms with van der Waals surface area (Å²) in [7, 11) is 1.71. The molecule has 3 aromatic rings. The van der Waals surface area contributed by atoms with Crippen LogP contribution in [0.15, 0.2) is 30.3 Å². The third kappa shape index (κ3) is 4.19. The molecule has 0 spiro atoms. The fraction of sp³-hybridized carbons (Fsp3) is 0.409. The molecule has 0 unspecified atom stereocenters. The monoisotopic (exact) mass is 413 g/mol. The minimum Gasteiger partial charge on any atom is -0.452 e. The van der Waals surface area contributed by atoms with Crippen LogP contribution >= 0.6 is 11.3 Å². The zero-order valence-electron chi connectivity index (χ0n) is 17.7. The molecule has 0 saturated carbocycles. The van der Waals surface area contributed by atoms with Crippen molar-refractivity contribution in [1.82, 2.24) is 14.5 Å². The molecule has 0 N–H and O–H groups in total. The lowest BCUT2D eigenvalue weighted by Crippen LogP contribution is -2.33. The SMILES string of the molecule is Cc1cc(C(=O)OCC(=O)N(C)[C@@H](C)c2nc3ccccc3s2)c(C)n1C(C)C. The number of para-hydroxylation sites is 1. The van der Waals surface area contributed by atoms with Crippen molar-refractivity contribution in [3.8, 4) is 0 Å². The largest absolute Gasteiger partial charge is 0.452 e. The molecule has 0 aliphatic carbocycles. The number of carbonyl (C=O) groups excluding carboxylic acids is 2. The summed E-state index contributed by atoms with van der Waals surface area (Å²) < 4.78 is 8.49. The van der Waals surface area contributed by atoms with Crippen LogP contribution < -0.4 is 0 Å². The summed E-state index contributed by atoms with van der Waals surface area (Å²) in [5.41, 5.74) is 3.28. The zero-order valence-corrected chi connectivity index (χ0v) is 18.5. The zero-order chi connectivity index (χ0) is 21.3. The van der Waals surface area contributed by atoms with Crippen LogP contribution in [0.25, 0.3) is 10.2 Å². The Bertz CT molecular complexity index is 1020. The van der Waals surface area contributed by atoms with E-state index in [1.54, 1.807) is 23.3 Å². The quantitative estimate of drug-likeness (QED) is 0.551. The highest BCUT2D eigenvalue weighted by molar-refractivity contribution is 7.18. The van der Waals surface area contributed by atoms with Gasteiger partial charge in [0.15, 0.2) is 6.61 Å². The van der Waals surface area contributed by atoms with Crippen LogP contribution in [-0.2, 0) is 9.53 Å². The van der Waals surface area contributed by atoms with Crippen molar-refractivity contribution in [2.24, 2.45) is 0 Å². The van der Waals surface area contributed by atoms with E-state index in [9.17, 15) is 9.59 Å². The predicted octanol–water partition coefficient (Wildman–Crippen LogP) is 4.67. The average Bonchev–Trinajstić information content (AvgIpc) is 3.25. The normalized spacial score (nSPS) is 12.4. The van der Waals surface area contributed by atoms with E-state index in [0.29, 0.717) is 5.56 Å². The number of nitrogens with zero attached hydrogens (tertiary/aromatic N) is 3. The van der Waals surface area contributed by atoms with Crippen LogP contribution in [0.5, 0.6) is 0 Å². The molecule has 0 fully saturated rings. The molecule has 1 atom stereocenters. The van der Waals surface area contributed by atoms with Gasteiger partial charge in [-0.15, -0.1) is 11.3 Å². The van der Waals surface area contributed by atoms with Gasteiger partial charge in [-0.05, 0) is 52.8 Å². The summed E-state index contributed by atoms with van der Waals surface area (Å²) in [6.45, 7) is 9.62. The van der Waals surface area contributed by atoms with Gasteiger partial charge in [0.25, 0.3) is 5.91 Å². The number of benzene rings is 1. The highest BCUT2D eigenvalue weighted by Crippen LogP contribution is 2.29. The Morgan fingerprint density at radius 1 is 1.21 bits per heavy atom. The second-order valence-electron chi connectivity index (χ2n) is 7.53. The van der Waals surface area contributed by atoms with E-state index < -0.39 is 5.97 Å². The van der Waals surface area contributed by atoms with Crippen LogP contribution in [0.2, 0.25) is 0 Å². The van der Waals surface area contributed by atoms with Gasteiger partial charge < -0.3 is 14.2 Å². The maximum Gasteiger partial charge on any atom is 0.340 e. The van der Waals surface area contributed by atoms with E-state index in [0.717, 1.165) is 26.6 Å². The van der Waals surface area contributed by atoms with Gasteiger partial charge in [0, 0.05) is 24.5 Å². The van der Waals surface area contributed by atoms with Gasteiger partial charge in [-0.3, -0.25) is 4.79 Å². The smallest absolute Gasteiger partial charge is 0.340 e. The molecule has 6 nitrogen and oxygen atoms in total. The number of carbonyl (C=O) groups is 2. The number of amides is 1. The van der Waals surface area contributed by atoms with E-state index in [2.05, 4.69) is 23.4 Å². The van der Waals surface area contributed by atoms with Crippen LogP contribution in [0.1, 0.15) is 59.6 Å². The van der Waals surface area contributed by atoms with Gasteiger partial charge in [-0.1, -0.05) is 12.1 Å². The van der Waals surface area contributed by atoms with Crippen molar-refractivity contribution < 1.29 is 14.3 Å². The van der Waals surface area contributed by atoms with Crippen molar-refractivity contribution in [2.75, 3.05) is 13.7 Å². The number of thiazole rings is 1. The lowest BCUT2D eigenvalue weighted by Gasteiger charge is -2.23. The number of hydrogen-bond acceptors (Lipinski definition) is 5. The first-order valence-electron chi connectivity index (χ1n) is 9.67. The minimum absolute atomic E-state index is 0.204. The van der Waals surface area contributed by atoms with Crippen molar-refractivity contribution >= 4 is 33.4 Å². The first-order valence-corrected chi connectivity index (χ1v) is 10.5. The van der Waals surface area contributed by atoms with Gasteiger partial charge in [-0.25, -0.2) is 9.78 Å². The van der Waals surface area contributed by atoms with E-state index >= 15 is 0 Å². The predicted molar refractivity (Wildman–Crippen MR) is 115 cm³/mol. The Hall–Kier alpha value is -2.67. The average molecular weight is 414 g/mol. The molecule has 29 heavy (non-hydrogen) atoms. The lowest BCUT2D eigenvalue weighted by molar-refractivity contribution is -0.135. The third-order valence-electron chi connectivity index (χ3n) is 5.19. The molecule has 3 rings (SSSR count). The second-order valence-corrected chi connectivity index (χ2v) is 8.59. The fourth-order valence-corrected chi connectivity index (χ4v) is 4.60. The van der Waals surface area contributed by atoms with Gasteiger partial charge in [0.1, 0.15) is 5.01 Å². The van der Waals surface area contributed by atoms with E-state index in [1.807, 2.05) is 51.1 Å². The first kappa shape index (κ1) is 21.0. The Kier molecular flexibility index (Phi) is 6.07. The highest BCUT2D eigenvalue weighted by Gasteiger charge is 2.23. The Morgan fingerprint density at radius 3 is 2.52 bits per heavy atom. The molecule has 0 bridgehead atoms. The lowest BCUT2D eigenvalue weighted by atomic mass is 10.2. The van der Waals surface area contributed by atoms with Gasteiger partial charge >= 0.3 is 5.97 Å². The van der Waals surface area contributed by atoms with Crippen LogP contribution in [0.3, 0.4) is 0 Å². The number of likely N-dealkylation sites (N-methyl/N-ethyl adjacent to an activating group) is 1. The Labute approximate surface area is 175 Å². The van der Waals surface area contributed by atoms with Crippen LogP contribution in [-0.4, -0.2) is 40.0 Å². The number of fused-ring (bicyclic) bond motifs is 1. The number of aryl methyl sites for hydroxylation is 1. The van der Waals surface area contributed by atoms with Crippen molar-refractivity contribution in [1.29, 1.82) is 0 Å². The molecule has 2 heterocycles. The molecular formula is C22H27N3O3S. The summed E-state index contributed by atoms with van der Waals surface area (Å²) in [5, 5.41) is 0.855. The maximum absolute atomic E-state index is 12.6. The molecule has 2 aromatic heterocycles. The standard InChI is InChI=1S/C22H27N3O3S/c1-13(2)25-14(3)11-17(15(25)4)22(27)28-12-20(26)24(6)16(5)21-23-18-9-7-8-10-19(18)29-21/h7-11,13,16H,12H2,1-6H3/t16-/m0/s1. The molecule has 0 aliphatic heterocycles. The minimum atomic E-state index is -0.473. The fourth-order valence-electron chi connectivity index (χ4n) is 3.54. The molecule has 154 valence electrons. The second kappa shape index (κ2) is 8.37. The van der Waals surface area contributed by atoms with Gasteiger partial charge in [0.05, 0.1) is 21.8 Å². The molecule has 1 aromatic carbocycles. The van der Waals surface area contributed by atoms with Crippen LogP contribution in [0, 0.1) is 13.8 Å². The number of ether oxygens (including phenoxy) is 1. The van der Waals surface area contributed by atoms with Crippen molar-refractivity contribution in [2.45, 2.75) is 46.7 Å². The molecule has 0 saturated heterocycles. The van der Waals surface area contributed by atoms with Crippen molar-refractivity contribution in [3.05, 3.63) is 52.3 Å². The van der Waals surface area contributed by atoms with Gasteiger partial charge in [-0.2, -0.15) is 0 Å². The summed E-state index contributed by atoms with van der Waals surface area (Å²) in [4.78, 5) is 31.3. The highest BCUT2D eigenvalue weighted by atomic mass is 32.1. The first-order chi connectivity index (χ1) is 13.7. The molecule has 7 heteroatoms. The summed E-state index contributed by atoms with van der Waals surface area (Å²) >= 11 is 1.57. The van der Waals surface area contributed by atoms with Crippen molar-refractivity contribution in [3.63, 3.8) is 0 Å². The number of rotatable bonds is 6. The molecule has 1 amide bonds. The Balaban J connectivity index is 1.65.